The van der Waals surface area contributed by atoms with E-state index in [1.54, 1.807) is 6.21 Å². The number of hydrogen-bond donors (Lipinski definition) is 0. The number of ether oxygens (including phenoxy) is 1. The maximum Gasteiger partial charge on any atom is 0.254 e. The first kappa shape index (κ1) is 17.6. The SMILES string of the molecule is O=C1[C@@H]2[C@@H](C(=O)N1/N=C\c1ccc(OCc3ccccc3)cc1)[C@H]1C=C[C@H]2C12CC2. The van der Waals surface area contributed by atoms with E-state index >= 15 is 0 Å². The molecule has 0 unspecified atom stereocenters. The van der Waals surface area contributed by atoms with Gasteiger partial charge in [0.15, 0.2) is 0 Å². The molecule has 6 rings (SSSR count). The van der Waals surface area contributed by atoms with E-state index in [9.17, 15) is 9.59 Å². The lowest BCUT2D eigenvalue weighted by Gasteiger charge is -2.18. The van der Waals surface area contributed by atoms with Crippen LogP contribution in [0.4, 0.5) is 0 Å². The van der Waals surface area contributed by atoms with E-state index in [1.165, 1.54) is 0 Å². The van der Waals surface area contributed by atoms with Gasteiger partial charge in [-0.05, 0) is 65.5 Å². The van der Waals surface area contributed by atoms with E-state index < -0.39 is 0 Å². The Bertz CT molecular complexity index is 1040. The highest BCUT2D eigenvalue weighted by molar-refractivity contribution is 6.07. The Balaban J connectivity index is 1.13. The van der Waals surface area contributed by atoms with E-state index in [1.807, 2.05) is 54.6 Å². The van der Waals surface area contributed by atoms with Crippen LogP contribution in [0, 0.1) is 29.1 Å². The molecule has 1 aliphatic heterocycles. The summed E-state index contributed by atoms with van der Waals surface area (Å²) in [7, 11) is 0. The molecule has 150 valence electrons. The van der Waals surface area contributed by atoms with Crippen LogP contribution in [0.3, 0.4) is 0 Å². The second-order valence-electron chi connectivity index (χ2n) is 8.80. The van der Waals surface area contributed by atoms with Gasteiger partial charge in [-0.3, -0.25) is 9.59 Å². The number of carbonyl (C=O) groups excluding carboxylic acids is 2. The summed E-state index contributed by atoms with van der Waals surface area (Å²) >= 11 is 0. The van der Waals surface area contributed by atoms with Gasteiger partial charge >= 0.3 is 0 Å². The normalized spacial score (nSPS) is 29.9. The zero-order chi connectivity index (χ0) is 20.3. The van der Waals surface area contributed by atoms with Crippen molar-refractivity contribution in [2.75, 3.05) is 0 Å². The lowest BCUT2D eigenvalue weighted by Crippen LogP contribution is -2.30. The molecule has 1 saturated heterocycles. The second kappa shape index (κ2) is 6.39. The van der Waals surface area contributed by atoms with Gasteiger partial charge in [0.2, 0.25) is 0 Å². The molecule has 2 aromatic rings. The smallest absolute Gasteiger partial charge is 0.254 e. The Labute approximate surface area is 175 Å². The maximum atomic E-state index is 12.9. The minimum atomic E-state index is -0.207. The zero-order valence-electron chi connectivity index (χ0n) is 16.5. The van der Waals surface area contributed by atoms with E-state index in [4.69, 9.17) is 4.74 Å². The highest BCUT2D eigenvalue weighted by Gasteiger charge is 2.73. The van der Waals surface area contributed by atoms with Crippen LogP contribution in [0.1, 0.15) is 24.0 Å². The fourth-order valence-corrected chi connectivity index (χ4v) is 5.69. The molecular formula is C25H22N2O3. The van der Waals surface area contributed by atoms with Gasteiger partial charge in [-0.2, -0.15) is 10.1 Å². The van der Waals surface area contributed by atoms with E-state index in [-0.39, 0.29) is 40.9 Å². The van der Waals surface area contributed by atoms with Gasteiger partial charge in [0.1, 0.15) is 12.4 Å². The molecule has 2 aromatic carbocycles. The first-order valence-corrected chi connectivity index (χ1v) is 10.5. The van der Waals surface area contributed by atoms with Crippen molar-refractivity contribution in [3.8, 4) is 5.75 Å². The first-order valence-electron chi connectivity index (χ1n) is 10.5. The van der Waals surface area contributed by atoms with Crippen LogP contribution in [0.25, 0.3) is 0 Å². The summed E-state index contributed by atoms with van der Waals surface area (Å²) in [6, 6.07) is 17.5. The van der Waals surface area contributed by atoms with Crippen LogP contribution in [0.2, 0.25) is 0 Å². The summed E-state index contributed by atoms with van der Waals surface area (Å²) in [6.07, 6.45) is 8.21. The summed E-state index contributed by atoms with van der Waals surface area (Å²) in [5.41, 5.74) is 2.14. The fourth-order valence-electron chi connectivity index (χ4n) is 5.69. The molecule has 2 bridgehead atoms. The van der Waals surface area contributed by atoms with Gasteiger partial charge in [-0.1, -0.05) is 42.5 Å². The number of hydrazone groups is 1. The van der Waals surface area contributed by atoms with Crippen molar-refractivity contribution in [3.05, 3.63) is 77.9 Å². The number of amides is 2. The summed E-state index contributed by atoms with van der Waals surface area (Å²) in [5.74, 6) is 0.535. The second-order valence-corrected chi connectivity index (χ2v) is 8.80. The van der Waals surface area contributed by atoms with E-state index in [2.05, 4.69) is 17.3 Å². The standard InChI is InChI=1S/C25H22N2O3/c28-23-21-19-10-11-20(25(19)12-13-25)22(21)24(29)27(23)26-14-16-6-8-18(9-7-16)30-15-17-4-2-1-3-5-17/h1-11,14,19-22H,12-13,15H2/b26-14-/t19-,20-,21+,22+/m1/s1. The van der Waals surface area contributed by atoms with Crippen molar-refractivity contribution in [1.82, 2.24) is 5.01 Å². The molecule has 1 heterocycles. The lowest BCUT2D eigenvalue weighted by molar-refractivity contribution is -0.141. The Morgan fingerprint density at radius 1 is 0.933 bits per heavy atom. The van der Waals surface area contributed by atoms with Crippen LogP contribution in [-0.2, 0) is 16.2 Å². The molecule has 4 aliphatic rings. The van der Waals surface area contributed by atoms with Gasteiger partial charge in [-0.25, -0.2) is 0 Å². The van der Waals surface area contributed by atoms with Gasteiger partial charge in [-0.15, -0.1) is 0 Å². The first-order chi connectivity index (χ1) is 14.7. The molecule has 0 aromatic heterocycles. The fraction of sp³-hybridized carbons (Fsp3) is 0.320. The third-order valence-electron chi connectivity index (χ3n) is 7.28. The predicted molar refractivity (Wildman–Crippen MR) is 111 cm³/mol. The third-order valence-corrected chi connectivity index (χ3v) is 7.28. The van der Waals surface area contributed by atoms with Crippen LogP contribution < -0.4 is 4.74 Å². The summed E-state index contributed by atoms with van der Waals surface area (Å²) in [4.78, 5) is 25.9. The molecule has 1 spiro atoms. The summed E-state index contributed by atoms with van der Waals surface area (Å²) < 4.78 is 5.80. The van der Waals surface area contributed by atoms with E-state index in [0.29, 0.717) is 6.61 Å². The van der Waals surface area contributed by atoms with Crippen LogP contribution in [-0.4, -0.2) is 23.0 Å². The Kier molecular flexibility index (Phi) is 3.76. The predicted octanol–water partition coefficient (Wildman–Crippen LogP) is 3.80. The van der Waals surface area contributed by atoms with Crippen molar-refractivity contribution >= 4 is 18.0 Å². The van der Waals surface area contributed by atoms with Gasteiger partial charge < -0.3 is 4.74 Å². The molecule has 4 atom stereocenters. The minimum absolute atomic E-state index is 0.132. The monoisotopic (exact) mass is 398 g/mol. The van der Waals surface area contributed by atoms with Crippen molar-refractivity contribution in [1.29, 1.82) is 0 Å². The van der Waals surface area contributed by atoms with Crippen LogP contribution >= 0.6 is 0 Å². The minimum Gasteiger partial charge on any atom is -0.489 e. The van der Waals surface area contributed by atoms with Crippen molar-refractivity contribution in [3.63, 3.8) is 0 Å². The molecule has 2 saturated carbocycles. The Hall–Kier alpha value is -3.21. The van der Waals surface area contributed by atoms with Gasteiger partial charge in [0, 0.05) is 0 Å². The molecule has 30 heavy (non-hydrogen) atoms. The number of carbonyl (C=O) groups is 2. The van der Waals surface area contributed by atoms with Crippen LogP contribution in [0.5, 0.6) is 5.75 Å². The number of benzene rings is 2. The lowest BCUT2D eigenvalue weighted by atomic mass is 9.85. The number of nitrogens with zero attached hydrogens (tertiary/aromatic N) is 2. The van der Waals surface area contributed by atoms with Crippen molar-refractivity contribution < 1.29 is 14.3 Å². The summed E-state index contributed by atoms with van der Waals surface area (Å²) in [5, 5.41) is 5.38. The van der Waals surface area contributed by atoms with Gasteiger partial charge in [0.05, 0.1) is 18.1 Å². The molecule has 0 radical (unpaired) electrons. The Morgan fingerprint density at radius 2 is 1.57 bits per heavy atom. The molecule has 5 heteroatoms. The number of rotatable bonds is 5. The third kappa shape index (κ3) is 2.51. The van der Waals surface area contributed by atoms with E-state index in [0.717, 1.165) is 34.7 Å². The largest absolute Gasteiger partial charge is 0.489 e. The molecule has 0 N–H and O–H groups in total. The zero-order valence-corrected chi connectivity index (χ0v) is 16.5. The average molecular weight is 398 g/mol. The van der Waals surface area contributed by atoms with Crippen molar-refractivity contribution in [2.45, 2.75) is 19.4 Å². The van der Waals surface area contributed by atoms with Crippen molar-refractivity contribution in [2.24, 2.45) is 34.2 Å². The highest BCUT2D eigenvalue weighted by Crippen LogP contribution is 2.73. The number of fused-ring (bicyclic) bond motifs is 3. The highest BCUT2D eigenvalue weighted by atomic mass is 16.5. The Morgan fingerprint density at radius 3 is 2.17 bits per heavy atom. The molecule has 5 nitrogen and oxygen atoms in total. The van der Waals surface area contributed by atoms with Crippen LogP contribution in [0.15, 0.2) is 71.9 Å². The van der Waals surface area contributed by atoms with Gasteiger partial charge in [0.25, 0.3) is 11.8 Å². The number of imide groups is 1. The maximum absolute atomic E-state index is 12.9. The quantitative estimate of drug-likeness (QED) is 0.437. The number of allylic oxidation sites excluding steroid dienone is 2. The molecule has 3 fully saturated rings. The average Bonchev–Trinajstić information content (AvgIpc) is 3.38. The molecular weight excluding hydrogens is 376 g/mol. The topological polar surface area (TPSA) is 59.0 Å². The molecule has 3 aliphatic carbocycles. The molecule has 2 amide bonds. The number of hydrogen-bond acceptors (Lipinski definition) is 4. The summed E-state index contributed by atoms with van der Waals surface area (Å²) in [6.45, 7) is 0.506.